The molecule has 1 fully saturated rings. The van der Waals surface area contributed by atoms with Crippen molar-refractivity contribution in [2.24, 2.45) is 0 Å². The number of likely N-dealkylation sites (N-methyl/N-ethyl adjacent to an activating group) is 2. The highest BCUT2D eigenvalue weighted by Gasteiger charge is 2.50. The maximum atomic E-state index is 15.2. The Morgan fingerprint density at radius 2 is 1.51 bits per heavy atom. The van der Waals surface area contributed by atoms with Crippen LogP contribution < -0.4 is 21.3 Å². The minimum Gasteiger partial charge on any atom is -0.506 e. The molecule has 30 nitrogen and oxygen atoms in total. The van der Waals surface area contributed by atoms with Crippen molar-refractivity contribution in [1.29, 1.82) is 0 Å². The average molecular weight is 1410 g/mol. The smallest absolute Gasteiger partial charge is 0.358 e. The van der Waals surface area contributed by atoms with Crippen LogP contribution in [0.3, 0.4) is 0 Å². The number of ether oxygens (including phenoxy) is 6. The molecule has 4 aliphatic heterocycles. The number of aliphatic hydroxyl groups is 3. The van der Waals surface area contributed by atoms with E-state index in [1.54, 1.807) is 55.7 Å². The second-order valence-electron chi connectivity index (χ2n) is 23.6. The fourth-order valence-electron chi connectivity index (χ4n) is 12.0. The van der Waals surface area contributed by atoms with Gasteiger partial charge in [0.25, 0.3) is 17.7 Å². The summed E-state index contributed by atoms with van der Waals surface area (Å²) < 4.78 is 38.3. The van der Waals surface area contributed by atoms with Crippen LogP contribution in [0, 0.1) is 0 Å². The fraction of sp³-hybridized carbons (Fsp3) is 0.410. The number of esters is 2. The van der Waals surface area contributed by atoms with E-state index in [0.29, 0.717) is 34.1 Å². The molecule has 35 heteroatoms. The number of thiazole rings is 5. The highest BCUT2D eigenvalue weighted by molar-refractivity contribution is 7.14. The minimum absolute atomic E-state index is 0.00686. The molecule has 96 heavy (non-hydrogen) atoms. The number of aliphatic hydroxyl groups excluding tert-OH is 2. The predicted octanol–water partition coefficient (Wildman–Crippen LogP) is 4.59. The summed E-state index contributed by atoms with van der Waals surface area (Å²) in [5, 5.41) is 76.1. The summed E-state index contributed by atoms with van der Waals surface area (Å²) in [6.07, 6.45) is -7.41. The molecule has 0 spiro atoms. The Morgan fingerprint density at radius 3 is 2.24 bits per heavy atom. The Balaban J connectivity index is 1.04. The van der Waals surface area contributed by atoms with Crippen LogP contribution in [0.5, 0.6) is 5.75 Å². The van der Waals surface area contributed by atoms with Crippen LogP contribution in [0.4, 0.5) is 0 Å². The molecule has 0 radical (unpaired) electrons. The third-order valence-corrected chi connectivity index (χ3v) is 21.0. The van der Waals surface area contributed by atoms with Crippen molar-refractivity contribution in [1.82, 2.24) is 65.7 Å². The summed E-state index contributed by atoms with van der Waals surface area (Å²) >= 11 is 4.97. The highest BCUT2D eigenvalue weighted by atomic mass is 32.1. The van der Waals surface area contributed by atoms with E-state index in [4.69, 9.17) is 48.4 Å². The Kier molecular flexibility index (Phi) is 19.5. The van der Waals surface area contributed by atoms with Gasteiger partial charge < -0.3 is 80.2 Å². The topological polar surface area (TPSA) is 396 Å². The summed E-state index contributed by atoms with van der Waals surface area (Å²) in [6.45, 7) is 5.07. The van der Waals surface area contributed by atoms with Gasteiger partial charge in [-0.25, -0.2) is 39.5 Å². The molecule has 0 aliphatic carbocycles. The summed E-state index contributed by atoms with van der Waals surface area (Å²) in [7, 11) is 6.69. The molecule has 10 unspecified atom stereocenters. The molecule has 7 aromatic heterocycles. The maximum absolute atomic E-state index is 15.2. The number of fused-ring (bicyclic) bond motifs is 15. The van der Waals surface area contributed by atoms with Crippen LogP contribution in [0.1, 0.15) is 120 Å². The van der Waals surface area contributed by atoms with Crippen LogP contribution in [-0.2, 0) is 57.8 Å². The predicted molar refractivity (Wildman–Crippen MR) is 348 cm³/mol. The molecular formula is C61H65N13O17S5. The number of allylic oxidation sites excluding steroid dienone is 1. The molecule has 12 bridgehead atoms. The molecule has 10 atom stereocenters. The van der Waals surface area contributed by atoms with Crippen LogP contribution in [0.2, 0.25) is 0 Å². The quantitative estimate of drug-likeness (QED) is 0.0513. The lowest BCUT2D eigenvalue weighted by molar-refractivity contribution is -0.280. The van der Waals surface area contributed by atoms with Crippen LogP contribution in [0.25, 0.3) is 49.3 Å². The van der Waals surface area contributed by atoms with E-state index >= 15 is 14.4 Å². The first-order valence-electron chi connectivity index (χ1n) is 29.9. The summed E-state index contributed by atoms with van der Waals surface area (Å²) in [4.78, 5) is 121. The molecular weight excluding hydrogens is 1350 g/mol. The van der Waals surface area contributed by atoms with Crippen molar-refractivity contribution in [2.75, 3.05) is 48.0 Å². The van der Waals surface area contributed by atoms with Crippen molar-refractivity contribution in [3.63, 3.8) is 0 Å². The number of amides is 4. The minimum atomic E-state index is -1.89. The average Bonchev–Trinajstić information content (AvgIpc) is 1.57. The molecule has 1 aromatic carbocycles. The zero-order valence-corrected chi connectivity index (χ0v) is 56.6. The third kappa shape index (κ3) is 13.5. The number of hydrogen-bond acceptors (Lipinski definition) is 30. The van der Waals surface area contributed by atoms with Gasteiger partial charge in [-0.1, -0.05) is 12.1 Å². The summed E-state index contributed by atoms with van der Waals surface area (Å²) in [5.41, 5.74) is -1.16. The number of pyridine rings is 1. The first kappa shape index (κ1) is 67.7. The Labute approximate surface area is 566 Å². The van der Waals surface area contributed by atoms with E-state index in [9.17, 15) is 40.0 Å². The number of benzene rings is 1. The number of nitrogens with zero attached hydrogens (tertiary/aromatic N) is 9. The van der Waals surface area contributed by atoms with E-state index in [-0.39, 0.29) is 106 Å². The molecule has 506 valence electrons. The highest BCUT2D eigenvalue weighted by Crippen LogP contribution is 2.43. The van der Waals surface area contributed by atoms with Crippen LogP contribution in [-0.4, -0.2) is 202 Å². The largest absolute Gasteiger partial charge is 0.506 e. The van der Waals surface area contributed by atoms with Crippen molar-refractivity contribution in [2.45, 2.75) is 114 Å². The standard InChI is InChI=1S/C61H65N13O17S5/c1-25(76)41-53(81)70-42(26(2)86-8)56-66-36(24-95-56)52(80)71-45-47-48(91-39-15-61(4,84)49(72(5)6)27(3)90-39)60(83)88-17-28-10-9-11-37-40(28)31(18-87-47)46(74(37)85)59(82)89-19-32(63-50(78)34-23-96-58(45)67-34)55-64-33(21-94-55)43-30(54-65-35(22-93-54)51(79)69-41)14-38(77)44(68-43)57-62-29(20-92-57)16-73(7)12-13-75/h9-11,14,20-25,27,32,39,41,45,47-49,75-77,84-85H,12-13,15-19H2,1-8H3,(H,63,78)(H,69,79)(H,70,81)(H,71,80)/b42-26+. The second kappa shape index (κ2) is 27.7. The van der Waals surface area contributed by atoms with Gasteiger partial charge in [0, 0.05) is 62.9 Å². The number of nitrogens with one attached hydrogen (secondary N) is 4. The molecule has 11 heterocycles. The van der Waals surface area contributed by atoms with E-state index < -0.39 is 122 Å². The molecule has 1 saturated heterocycles. The number of cyclic esters (lactones) is 2. The van der Waals surface area contributed by atoms with E-state index in [0.717, 1.165) is 45.3 Å². The SMILES string of the molecule is CO/C(C)=C1/NC(=O)C(C(C)O)NC(=O)c2csc(n2)-c2cc(O)c(-c3nc(CN(C)CCO)cs3)nc2-c2csc(n2)C2COC(=O)c3c4c5c(cccc5n3O)COC(=O)C(OC3CC(C)(O)C(N(C)C)C(C)O3)C(OC4)C(NC(=O)c3csc1n3)c1nc(cs1)C(=O)N2. The number of aromatic hydroxyl groups is 1. The number of carbonyl (C=O) groups is 6. The van der Waals surface area contributed by atoms with E-state index in [1.165, 1.54) is 60.6 Å². The summed E-state index contributed by atoms with van der Waals surface area (Å²) in [6, 6.07) is 0.985. The number of hydrogen-bond donors (Lipinski definition) is 9. The van der Waals surface area contributed by atoms with Gasteiger partial charge in [-0.3, -0.25) is 24.1 Å². The van der Waals surface area contributed by atoms with Gasteiger partial charge in [-0.2, -0.15) is 4.73 Å². The first-order valence-corrected chi connectivity index (χ1v) is 34.3. The molecule has 8 aromatic rings. The van der Waals surface area contributed by atoms with Crippen LogP contribution in [0.15, 0.2) is 56.9 Å². The number of rotatable bonds is 10. The van der Waals surface area contributed by atoms with E-state index in [2.05, 4.69) is 31.2 Å². The first-order chi connectivity index (χ1) is 45.9. The molecule has 9 N–H and O–H groups in total. The third-order valence-electron chi connectivity index (χ3n) is 16.5. The summed E-state index contributed by atoms with van der Waals surface area (Å²) in [5.74, 6) is -5.99. The maximum Gasteiger partial charge on any atom is 0.358 e. The van der Waals surface area contributed by atoms with Gasteiger partial charge in [-0.05, 0) is 66.5 Å². The normalized spacial score (nSPS) is 24.5. The number of carbonyl (C=O) groups excluding carboxylic acids is 6. The van der Waals surface area contributed by atoms with Gasteiger partial charge in [0.1, 0.15) is 114 Å². The van der Waals surface area contributed by atoms with Crippen molar-refractivity contribution in [3.8, 4) is 38.4 Å². The van der Waals surface area contributed by atoms with Gasteiger partial charge in [-0.15, -0.1) is 56.7 Å². The van der Waals surface area contributed by atoms with Crippen LogP contribution >= 0.6 is 56.7 Å². The molecule has 4 aliphatic rings. The zero-order valence-electron chi connectivity index (χ0n) is 52.5. The van der Waals surface area contributed by atoms with E-state index in [1.807, 2.05) is 11.9 Å². The molecule has 12 rings (SSSR count). The molecule has 4 amide bonds. The van der Waals surface area contributed by atoms with Crippen molar-refractivity contribution < 1.29 is 82.8 Å². The molecule has 0 saturated carbocycles. The number of methoxy groups -OCH3 is 1. The van der Waals surface area contributed by atoms with Gasteiger partial charge >= 0.3 is 11.9 Å². The lowest BCUT2D eigenvalue weighted by Crippen LogP contribution is -2.62. The van der Waals surface area contributed by atoms with Gasteiger partial charge in [0.2, 0.25) is 5.91 Å². The monoisotopic (exact) mass is 1410 g/mol. The fourth-order valence-corrected chi connectivity index (χ4v) is 16.2. The lowest BCUT2D eigenvalue weighted by atomic mass is 9.85. The van der Waals surface area contributed by atoms with Gasteiger partial charge in [0.15, 0.2) is 18.1 Å². The Hall–Kier alpha value is -8.30. The Bertz CT molecular complexity index is 4360. The Morgan fingerprint density at radius 1 is 0.833 bits per heavy atom. The lowest BCUT2D eigenvalue weighted by Gasteiger charge is -2.48. The van der Waals surface area contributed by atoms with Gasteiger partial charge in [0.05, 0.1) is 55.4 Å². The van der Waals surface area contributed by atoms with Crippen molar-refractivity contribution >= 4 is 109 Å². The van der Waals surface area contributed by atoms with Crippen molar-refractivity contribution in [3.05, 3.63) is 112 Å². The second-order valence-corrected chi connectivity index (χ2v) is 28.0. The number of aromatic nitrogens is 7. The zero-order chi connectivity index (χ0) is 68.2.